The minimum absolute atomic E-state index is 0.0228. The normalized spacial score (nSPS) is 16.5. The van der Waals surface area contributed by atoms with E-state index in [2.05, 4.69) is 54.7 Å². The fourth-order valence-electron chi connectivity index (χ4n) is 9.06. The van der Waals surface area contributed by atoms with E-state index in [9.17, 15) is 29.4 Å². The highest BCUT2D eigenvalue weighted by Crippen LogP contribution is 2.30. The van der Waals surface area contributed by atoms with E-state index in [1.54, 1.807) is 35.6 Å². The third-order valence-electron chi connectivity index (χ3n) is 13.2. The quantitative estimate of drug-likeness (QED) is 0.0454. The zero-order chi connectivity index (χ0) is 50.5. The number of carbonyl (C=O) groups excluding carboxylic acids is 4. The number of phenols is 1. The number of para-hydroxylation sites is 1. The van der Waals surface area contributed by atoms with Crippen molar-refractivity contribution in [3.05, 3.63) is 112 Å². The number of carbonyl (C=O) groups is 4. The molecular weight excluding hydrogens is 915 g/mol. The number of aryl methyl sites for hydroxylation is 1. The van der Waals surface area contributed by atoms with Gasteiger partial charge in [-0.1, -0.05) is 107 Å². The van der Waals surface area contributed by atoms with Gasteiger partial charge in [-0.15, -0.1) is 21.5 Å². The fraction of sp³-hybridized carbons (Fsp3) is 0.436. The zero-order valence-electron chi connectivity index (χ0n) is 41.3. The first-order chi connectivity index (χ1) is 34.1. The fourth-order valence-corrected chi connectivity index (χ4v) is 9.88. The van der Waals surface area contributed by atoms with E-state index in [1.807, 2.05) is 80.6 Å². The van der Waals surface area contributed by atoms with Crippen molar-refractivity contribution in [2.75, 3.05) is 38.5 Å². The summed E-state index contributed by atoms with van der Waals surface area (Å²) in [4.78, 5) is 65.0. The summed E-state index contributed by atoms with van der Waals surface area (Å²) in [6.07, 6.45) is 5.31. The molecule has 6 N–H and O–H groups in total. The van der Waals surface area contributed by atoms with E-state index in [1.165, 1.54) is 4.90 Å². The molecule has 5 aromatic rings. The summed E-state index contributed by atoms with van der Waals surface area (Å²) in [6.45, 7) is 11.6. The predicted octanol–water partition coefficient (Wildman–Crippen LogP) is 6.84. The molecule has 16 heteroatoms. The Hall–Kier alpha value is -6.67. The number of nitrogens with two attached hydrogens (primary N) is 1. The summed E-state index contributed by atoms with van der Waals surface area (Å²) >= 11 is 1.58. The van der Waals surface area contributed by atoms with E-state index in [0.29, 0.717) is 42.8 Å². The molecule has 4 amide bonds. The van der Waals surface area contributed by atoms with Crippen LogP contribution in [0.4, 0.5) is 5.82 Å². The van der Waals surface area contributed by atoms with Crippen LogP contribution in [-0.2, 0) is 32.3 Å². The zero-order valence-corrected chi connectivity index (χ0v) is 42.1. The number of anilines is 1. The summed E-state index contributed by atoms with van der Waals surface area (Å²) < 4.78 is 0. The third kappa shape index (κ3) is 14.5. The minimum Gasteiger partial charge on any atom is -0.507 e. The van der Waals surface area contributed by atoms with Crippen LogP contribution in [0.15, 0.2) is 84.4 Å². The second kappa shape index (κ2) is 24.4. The molecule has 0 saturated carbocycles. The number of hydrogen-bond donors (Lipinski definition) is 5. The van der Waals surface area contributed by atoms with Gasteiger partial charge in [-0.05, 0) is 72.2 Å². The molecule has 15 nitrogen and oxygen atoms in total. The standard InChI is InChI=1S/C55H67N9O6S/c1-37-50(71-36-58-37)41-23-21-39(22-24-41)33-57-53(69)46-32-43(65)35-64(46)54(70)51(55(2,3)4)59-48(67)18-9-7-5-6-8-10-19-49(68)63-28-26-62(27-29-63)34-40-15-13-14-38(30-40)20-25-42-31-45(60-61-52(42)56)44-16-11-12-17-47(44)66/h11-17,21-24,30-31,36,43,46,51,65-66H,5-10,18-19,26-29,32-35H2,1-4H3,(H2,56,61)(H,57,69)(H,59,67)/t43-,46+,51-/m1/s1. The van der Waals surface area contributed by atoms with Crippen LogP contribution in [0.1, 0.15) is 107 Å². The van der Waals surface area contributed by atoms with Gasteiger partial charge in [0.25, 0.3) is 0 Å². The van der Waals surface area contributed by atoms with Gasteiger partial charge in [0.2, 0.25) is 23.6 Å². The molecule has 2 aliphatic heterocycles. The number of β-amino-alcohol motifs (C(OH)–C–C–N with tert-alkyl or cyclic N) is 1. The Morgan fingerprint density at radius 2 is 1.58 bits per heavy atom. The number of nitrogen functional groups attached to an aromatic ring is 1. The van der Waals surface area contributed by atoms with Gasteiger partial charge in [0, 0.05) is 76.2 Å². The number of nitrogens with one attached hydrogen (secondary N) is 2. The lowest BCUT2D eigenvalue weighted by atomic mass is 9.85. The summed E-state index contributed by atoms with van der Waals surface area (Å²) in [7, 11) is 0. The van der Waals surface area contributed by atoms with E-state index >= 15 is 0 Å². The number of aliphatic hydroxyl groups excluding tert-OH is 1. The van der Waals surface area contributed by atoms with E-state index < -0.39 is 23.6 Å². The number of piperazine rings is 1. The molecule has 0 unspecified atom stereocenters. The Bertz CT molecular complexity index is 2700. The van der Waals surface area contributed by atoms with Crippen molar-refractivity contribution in [2.45, 2.75) is 117 Å². The van der Waals surface area contributed by atoms with Gasteiger partial charge in [0.1, 0.15) is 17.8 Å². The summed E-state index contributed by atoms with van der Waals surface area (Å²) in [6, 6.07) is 22.9. The maximum atomic E-state index is 14.0. The Morgan fingerprint density at radius 1 is 0.859 bits per heavy atom. The molecule has 3 atom stereocenters. The second-order valence-electron chi connectivity index (χ2n) is 19.7. The highest BCUT2D eigenvalue weighted by Gasteiger charge is 2.44. The molecule has 2 aliphatic rings. The molecule has 3 aromatic carbocycles. The first kappa shape index (κ1) is 52.2. The average Bonchev–Trinajstić information content (AvgIpc) is 3.98. The van der Waals surface area contributed by atoms with Gasteiger partial charge in [0.05, 0.1) is 33.4 Å². The smallest absolute Gasteiger partial charge is 0.246 e. The molecule has 2 fully saturated rings. The van der Waals surface area contributed by atoms with Crippen LogP contribution in [-0.4, -0.2) is 115 Å². The highest BCUT2D eigenvalue weighted by molar-refractivity contribution is 7.13. The summed E-state index contributed by atoms with van der Waals surface area (Å²) in [5, 5.41) is 35.0. The van der Waals surface area contributed by atoms with Gasteiger partial charge in [-0.3, -0.25) is 24.1 Å². The van der Waals surface area contributed by atoms with Gasteiger partial charge in [-0.25, -0.2) is 4.98 Å². The van der Waals surface area contributed by atoms with Crippen LogP contribution in [0.2, 0.25) is 0 Å². The van der Waals surface area contributed by atoms with E-state index in [-0.39, 0.29) is 61.1 Å². The lowest BCUT2D eigenvalue weighted by molar-refractivity contribution is -0.144. The number of amides is 4. The maximum absolute atomic E-state index is 14.0. The number of aromatic nitrogens is 3. The van der Waals surface area contributed by atoms with Crippen LogP contribution in [0, 0.1) is 24.2 Å². The molecule has 0 bridgehead atoms. The van der Waals surface area contributed by atoms with Crippen LogP contribution < -0.4 is 16.4 Å². The van der Waals surface area contributed by atoms with Crippen molar-refractivity contribution in [1.29, 1.82) is 0 Å². The lowest BCUT2D eigenvalue weighted by Gasteiger charge is -2.35. The molecule has 4 heterocycles. The van der Waals surface area contributed by atoms with Crippen molar-refractivity contribution in [3.8, 4) is 39.3 Å². The first-order valence-electron chi connectivity index (χ1n) is 24.7. The molecule has 2 aromatic heterocycles. The maximum Gasteiger partial charge on any atom is 0.246 e. The van der Waals surface area contributed by atoms with Gasteiger partial charge in [-0.2, -0.15) is 0 Å². The third-order valence-corrected chi connectivity index (χ3v) is 14.1. The molecule has 374 valence electrons. The number of thiazole rings is 1. The highest BCUT2D eigenvalue weighted by atomic mass is 32.1. The van der Waals surface area contributed by atoms with Crippen LogP contribution in [0.25, 0.3) is 21.7 Å². The van der Waals surface area contributed by atoms with Crippen LogP contribution in [0.3, 0.4) is 0 Å². The SMILES string of the molecule is Cc1ncsc1-c1ccc(CNC(=O)[C@@H]2C[C@@H](O)CN2C(=O)[C@@H](NC(=O)CCCCCCCCC(=O)N2CCN(Cc3cccc(C#Cc4cc(-c5ccccc5O)nnc4N)c3)CC2)C(C)(C)C)cc1. The van der Waals surface area contributed by atoms with Crippen molar-refractivity contribution in [1.82, 2.24) is 40.5 Å². The summed E-state index contributed by atoms with van der Waals surface area (Å²) in [5.41, 5.74) is 13.8. The molecule has 0 spiro atoms. The number of unbranched alkanes of at least 4 members (excludes halogenated alkanes) is 5. The first-order valence-corrected chi connectivity index (χ1v) is 25.6. The average molecular weight is 982 g/mol. The Labute approximate surface area is 421 Å². The van der Waals surface area contributed by atoms with Crippen LogP contribution >= 0.6 is 11.3 Å². The van der Waals surface area contributed by atoms with Gasteiger partial charge >= 0.3 is 0 Å². The van der Waals surface area contributed by atoms with Gasteiger partial charge in [0.15, 0.2) is 5.82 Å². The molecule has 0 aliphatic carbocycles. The van der Waals surface area contributed by atoms with E-state index in [4.69, 9.17) is 5.73 Å². The molecule has 7 rings (SSSR count). The van der Waals surface area contributed by atoms with E-state index in [0.717, 1.165) is 84.6 Å². The molecule has 71 heavy (non-hydrogen) atoms. The number of phenolic OH excluding ortho intramolecular Hbond substituents is 1. The molecule has 0 radical (unpaired) electrons. The van der Waals surface area contributed by atoms with Crippen LogP contribution in [0.5, 0.6) is 5.75 Å². The van der Waals surface area contributed by atoms with Crippen molar-refractivity contribution >= 4 is 40.8 Å². The second-order valence-corrected chi connectivity index (χ2v) is 20.6. The number of likely N-dealkylation sites (tertiary alicyclic amines) is 1. The number of hydrogen-bond acceptors (Lipinski definition) is 12. The number of benzene rings is 3. The Morgan fingerprint density at radius 3 is 2.28 bits per heavy atom. The minimum atomic E-state index is -0.867. The van der Waals surface area contributed by atoms with Crippen molar-refractivity contribution in [2.24, 2.45) is 5.41 Å². The molecular formula is C55H67N9O6S. The number of aromatic hydroxyl groups is 1. The lowest BCUT2D eigenvalue weighted by Crippen LogP contribution is -2.57. The topological polar surface area (TPSA) is 207 Å². The largest absolute Gasteiger partial charge is 0.507 e. The van der Waals surface area contributed by atoms with Crippen molar-refractivity contribution in [3.63, 3.8) is 0 Å². The Balaban J connectivity index is 0.769. The predicted molar refractivity (Wildman–Crippen MR) is 276 cm³/mol. The number of rotatable bonds is 18. The van der Waals surface area contributed by atoms with Crippen molar-refractivity contribution < 1.29 is 29.4 Å². The van der Waals surface area contributed by atoms with Gasteiger partial charge < -0.3 is 36.4 Å². The number of aliphatic hydroxyl groups is 1. The Kier molecular flexibility index (Phi) is 18.0. The summed E-state index contributed by atoms with van der Waals surface area (Å²) in [5.74, 6) is 5.91. The monoisotopic (exact) mass is 981 g/mol. The molecule has 2 saturated heterocycles. The number of nitrogens with zero attached hydrogens (tertiary/aromatic N) is 6.